The first-order valence-electron chi connectivity index (χ1n) is 7.79. The van der Waals surface area contributed by atoms with Crippen LogP contribution in [-0.4, -0.2) is 39.3 Å². The molecule has 1 saturated carbocycles. The van der Waals surface area contributed by atoms with E-state index in [1.807, 2.05) is 40.9 Å². The topological polar surface area (TPSA) is 76.2 Å². The molecule has 0 unspecified atom stereocenters. The molecule has 6 heteroatoms. The van der Waals surface area contributed by atoms with Gasteiger partial charge in [0, 0.05) is 31.1 Å². The van der Waals surface area contributed by atoms with Crippen LogP contribution in [0.5, 0.6) is 0 Å². The zero-order chi connectivity index (χ0) is 15.3. The van der Waals surface area contributed by atoms with Crippen molar-refractivity contribution in [1.29, 1.82) is 0 Å². The molecule has 2 fully saturated rings. The predicted octanol–water partition coefficient (Wildman–Crippen LogP) is 1.21. The highest BCUT2D eigenvalue weighted by Crippen LogP contribution is 2.42. The second-order valence-corrected chi connectivity index (χ2v) is 6.60. The van der Waals surface area contributed by atoms with Gasteiger partial charge in [0.15, 0.2) is 0 Å². The number of amides is 2. The molecule has 2 aromatic rings. The molecule has 2 amide bonds. The van der Waals surface area contributed by atoms with Crippen LogP contribution in [0.2, 0.25) is 0 Å². The van der Waals surface area contributed by atoms with Crippen molar-refractivity contribution in [2.45, 2.75) is 24.9 Å². The van der Waals surface area contributed by atoms with E-state index in [9.17, 15) is 4.79 Å². The summed E-state index contributed by atoms with van der Waals surface area (Å²) in [7, 11) is 1.92. The molecule has 1 aromatic heterocycles. The number of para-hydroxylation sites is 1. The standard InChI is InChI=1S/C16H21N5O/c1-20-14-5-3-2-4-12(14)13(19-20)8-18-15(22)21-9-11-6-7-16(11,17)10-21/h2-5,11H,6-10,17H2,1H3,(H,18,22)/t11-,16-/m0/s1. The molecule has 116 valence electrons. The maximum absolute atomic E-state index is 12.3. The van der Waals surface area contributed by atoms with Crippen molar-refractivity contribution in [2.75, 3.05) is 13.1 Å². The molecule has 2 atom stereocenters. The van der Waals surface area contributed by atoms with E-state index in [-0.39, 0.29) is 11.6 Å². The molecule has 4 rings (SSSR count). The molecular formula is C16H21N5O. The Morgan fingerprint density at radius 2 is 2.32 bits per heavy atom. The molecule has 1 aliphatic heterocycles. The Bertz CT molecular complexity index is 739. The monoisotopic (exact) mass is 299 g/mol. The number of hydrogen-bond donors (Lipinski definition) is 2. The number of nitrogens with one attached hydrogen (secondary N) is 1. The highest BCUT2D eigenvalue weighted by Gasteiger charge is 2.51. The van der Waals surface area contributed by atoms with Crippen molar-refractivity contribution in [3.8, 4) is 0 Å². The number of aromatic nitrogens is 2. The summed E-state index contributed by atoms with van der Waals surface area (Å²) < 4.78 is 1.85. The molecule has 1 saturated heterocycles. The van der Waals surface area contributed by atoms with Gasteiger partial charge in [0.05, 0.1) is 17.8 Å². The third-order valence-corrected chi connectivity index (χ3v) is 5.23. The van der Waals surface area contributed by atoms with Gasteiger partial charge in [-0.3, -0.25) is 4.68 Å². The zero-order valence-electron chi connectivity index (χ0n) is 12.7. The normalized spacial score (nSPS) is 26.8. The van der Waals surface area contributed by atoms with E-state index in [0.717, 1.165) is 36.0 Å². The van der Waals surface area contributed by atoms with Gasteiger partial charge in [-0.25, -0.2) is 4.79 Å². The largest absolute Gasteiger partial charge is 0.332 e. The summed E-state index contributed by atoms with van der Waals surface area (Å²) in [5.41, 5.74) is 8.13. The first-order valence-corrected chi connectivity index (χ1v) is 7.79. The molecule has 6 nitrogen and oxygen atoms in total. The summed E-state index contributed by atoms with van der Waals surface area (Å²) in [5, 5.41) is 8.58. The summed E-state index contributed by atoms with van der Waals surface area (Å²) >= 11 is 0. The third kappa shape index (κ3) is 1.98. The summed E-state index contributed by atoms with van der Waals surface area (Å²) in [6, 6.07) is 8.02. The van der Waals surface area contributed by atoms with Crippen molar-refractivity contribution in [3.63, 3.8) is 0 Å². The predicted molar refractivity (Wildman–Crippen MR) is 84.2 cm³/mol. The Morgan fingerprint density at radius 3 is 3.00 bits per heavy atom. The van der Waals surface area contributed by atoms with E-state index in [4.69, 9.17) is 5.73 Å². The van der Waals surface area contributed by atoms with E-state index in [1.54, 1.807) is 0 Å². The Balaban J connectivity index is 1.45. The van der Waals surface area contributed by atoms with Crippen LogP contribution in [0.25, 0.3) is 10.9 Å². The van der Waals surface area contributed by atoms with E-state index in [2.05, 4.69) is 10.4 Å². The minimum absolute atomic E-state index is 0.0334. The number of aryl methyl sites for hydroxylation is 1. The van der Waals surface area contributed by atoms with Gasteiger partial charge in [-0.2, -0.15) is 5.10 Å². The van der Waals surface area contributed by atoms with Crippen LogP contribution in [0.4, 0.5) is 4.79 Å². The minimum atomic E-state index is -0.130. The number of likely N-dealkylation sites (tertiary alicyclic amines) is 1. The number of nitrogens with two attached hydrogens (primary N) is 1. The fraction of sp³-hybridized carbons (Fsp3) is 0.500. The van der Waals surface area contributed by atoms with Gasteiger partial charge >= 0.3 is 6.03 Å². The molecule has 0 spiro atoms. The Morgan fingerprint density at radius 1 is 1.50 bits per heavy atom. The first-order chi connectivity index (χ1) is 10.6. The molecule has 2 aliphatic rings. The fourth-order valence-corrected chi connectivity index (χ4v) is 3.73. The number of benzene rings is 1. The van der Waals surface area contributed by atoms with Crippen LogP contribution in [0, 0.1) is 5.92 Å². The molecule has 1 aromatic carbocycles. The van der Waals surface area contributed by atoms with Gasteiger partial charge in [0.25, 0.3) is 0 Å². The van der Waals surface area contributed by atoms with Crippen molar-refractivity contribution < 1.29 is 4.79 Å². The van der Waals surface area contributed by atoms with Crippen LogP contribution in [0.1, 0.15) is 18.5 Å². The highest BCUT2D eigenvalue weighted by atomic mass is 16.2. The smallest absolute Gasteiger partial charge is 0.317 e. The number of carbonyl (C=O) groups is 1. The Kier molecular flexibility index (Phi) is 2.91. The lowest BCUT2D eigenvalue weighted by Crippen LogP contribution is -2.55. The van der Waals surface area contributed by atoms with E-state index >= 15 is 0 Å². The van der Waals surface area contributed by atoms with Crippen molar-refractivity contribution in [1.82, 2.24) is 20.0 Å². The van der Waals surface area contributed by atoms with Crippen LogP contribution in [0.3, 0.4) is 0 Å². The van der Waals surface area contributed by atoms with Gasteiger partial charge in [-0.1, -0.05) is 18.2 Å². The Hall–Kier alpha value is -2.08. The molecule has 1 aliphatic carbocycles. The number of rotatable bonds is 2. The number of fused-ring (bicyclic) bond motifs is 2. The van der Waals surface area contributed by atoms with Crippen LogP contribution in [0.15, 0.2) is 24.3 Å². The van der Waals surface area contributed by atoms with E-state index < -0.39 is 0 Å². The number of hydrogen-bond acceptors (Lipinski definition) is 3. The Labute approximate surface area is 129 Å². The fourth-order valence-electron chi connectivity index (χ4n) is 3.73. The number of urea groups is 1. The molecule has 0 radical (unpaired) electrons. The maximum atomic E-state index is 12.3. The maximum Gasteiger partial charge on any atom is 0.317 e. The van der Waals surface area contributed by atoms with Crippen molar-refractivity contribution in [3.05, 3.63) is 30.0 Å². The SMILES string of the molecule is Cn1nc(CNC(=O)N2C[C@@H]3CC[C@]3(N)C2)c2ccccc21. The molecule has 3 N–H and O–H groups in total. The lowest BCUT2D eigenvalue weighted by molar-refractivity contribution is 0.187. The van der Waals surface area contributed by atoms with Crippen LogP contribution < -0.4 is 11.1 Å². The lowest BCUT2D eigenvalue weighted by Gasteiger charge is -2.39. The van der Waals surface area contributed by atoms with Gasteiger partial charge in [0.1, 0.15) is 0 Å². The second-order valence-electron chi connectivity index (χ2n) is 6.60. The van der Waals surface area contributed by atoms with Crippen LogP contribution >= 0.6 is 0 Å². The average molecular weight is 299 g/mol. The van der Waals surface area contributed by atoms with Gasteiger partial charge in [-0.05, 0) is 24.8 Å². The number of carbonyl (C=O) groups excluding carboxylic acids is 1. The van der Waals surface area contributed by atoms with Gasteiger partial charge in [-0.15, -0.1) is 0 Å². The molecule has 0 bridgehead atoms. The average Bonchev–Trinajstić information content (AvgIpc) is 2.95. The number of nitrogens with zero attached hydrogens (tertiary/aromatic N) is 3. The molecular weight excluding hydrogens is 278 g/mol. The highest BCUT2D eigenvalue weighted by molar-refractivity contribution is 5.82. The van der Waals surface area contributed by atoms with Crippen molar-refractivity contribution in [2.24, 2.45) is 18.7 Å². The van der Waals surface area contributed by atoms with Gasteiger partial charge in [0.2, 0.25) is 0 Å². The van der Waals surface area contributed by atoms with Crippen molar-refractivity contribution >= 4 is 16.9 Å². The second kappa shape index (κ2) is 4.71. The molecule has 22 heavy (non-hydrogen) atoms. The lowest BCUT2D eigenvalue weighted by atomic mass is 9.70. The molecule has 2 heterocycles. The minimum Gasteiger partial charge on any atom is -0.332 e. The quantitative estimate of drug-likeness (QED) is 0.875. The summed E-state index contributed by atoms with van der Waals surface area (Å²) in [6.07, 6.45) is 2.18. The van der Waals surface area contributed by atoms with Gasteiger partial charge < -0.3 is 16.0 Å². The summed E-state index contributed by atoms with van der Waals surface area (Å²) in [4.78, 5) is 14.2. The van der Waals surface area contributed by atoms with E-state index in [1.165, 1.54) is 0 Å². The van der Waals surface area contributed by atoms with E-state index in [0.29, 0.717) is 19.0 Å². The third-order valence-electron chi connectivity index (χ3n) is 5.23. The summed E-state index contributed by atoms with van der Waals surface area (Å²) in [5.74, 6) is 0.480. The summed E-state index contributed by atoms with van der Waals surface area (Å²) in [6.45, 7) is 1.90. The first kappa shape index (κ1) is 13.6. The van der Waals surface area contributed by atoms with Crippen LogP contribution in [-0.2, 0) is 13.6 Å². The zero-order valence-corrected chi connectivity index (χ0v) is 12.7.